The third kappa shape index (κ3) is 4.33. The van der Waals surface area contributed by atoms with E-state index in [1.165, 1.54) is 0 Å². The first-order chi connectivity index (χ1) is 12.9. The van der Waals surface area contributed by atoms with Gasteiger partial charge in [0, 0.05) is 11.8 Å². The predicted molar refractivity (Wildman–Crippen MR) is 104 cm³/mol. The molecule has 0 aliphatic carbocycles. The van der Waals surface area contributed by atoms with Gasteiger partial charge in [-0.2, -0.15) is 0 Å². The molecule has 2 aromatic carbocycles. The Balaban J connectivity index is 1.86. The Hall–Kier alpha value is -2.74. The van der Waals surface area contributed by atoms with E-state index in [9.17, 15) is 13.2 Å². The van der Waals surface area contributed by atoms with E-state index < -0.39 is 15.9 Å². The van der Waals surface area contributed by atoms with Crippen molar-refractivity contribution in [3.63, 3.8) is 0 Å². The average molecular weight is 390 g/mol. The number of amides is 1. The molecule has 144 valence electrons. The molecule has 27 heavy (non-hydrogen) atoms. The van der Waals surface area contributed by atoms with Gasteiger partial charge in [0.05, 0.1) is 11.4 Å². The van der Waals surface area contributed by atoms with Crippen molar-refractivity contribution in [2.24, 2.45) is 0 Å². The van der Waals surface area contributed by atoms with Crippen LogP contribution in [0.15, 0.2) is 42.5 Å². The third-order valence-electron chi connectivity index (χ3n) is 4.22. The topological polar surface area (TPSA) is 84.9 Å². The number of rotatable bonds is 6. The highest BCUT2D eigenvalue weighted by Crippen LogP contribution is 2.34. The van der Waals surface area contributed by atoms with Gasteiger partial charge in [-0.05, 0) is 37.6 Å². The van der Waals surface area contributed by atoms with Gasteiger partial charge in [-0.3, -0.25) is 9.10 Å². The molecule has 1 aliphatic heterocycles. The molecule has 8 heteroatoms. The molecule has 1 heterocycles. The van der Waals surface area contributed by atoms with E-state index in [0.717, 1.165) is 9.87 Å². The van der Waals surface area contributed by atoms with E-state index in [-0.39, 0.29) is 12.3 Å². The summed E-state index contributed by atoms with van der Waals surface area (Å²) in [6.45, 7) is 3.92. The van der Waals surface area contributed by atoms with Crippen LogP contribution in [0.25, 0.3) is 0 Å². The number of sulfonamides is 1. The van der Waals surface area contributed by atoms with Crippen LogP contribution in [-0.2, 0) is 14.8 Å². The first-order valence-electron chi connectivity index (χ1n) is 8.66. The molecule has 2 aromatic rings. The third-order valence-corrected chi connectivity index (χ3v) is 5.96. The van der Waals surface area contributed by atoms with Crippen molar-refractivity contribution in [1.29, 1.82) is 0 Å². The second-order valence-corrected chi connectivity index (χ2v) is 8.28. The summed E-state index contributed by atoms with van der Waals surface area (Å²) in [6, 6.07) is 12.2. The van der Waals surface area contributed by atoms with Crippen molar-refractivity contribution in [3.8, 4) is 11.5 Å². The quantitative estimate of drug-likeness (QED) is 0.819. The van der Waals surface area contributed by atoms with Crippen LogP contribution >= 0.6 is 0 Å². The Morgan fingerprint density at radius 1 is 1.11 bits per heavy atom. The largest absolute Gasteiger partial charge is 0.486 e. The van der Waals surface area contributed by atoms with Gasteiger partial charge >= 0.3 is 0 Å². The fourth-order valence-corrected chi connectivity index (χ4v) is 3.79. The average Bonchev–Trinajstić information content (AvgIpc) is 2.67. The maximum Gasteiger partial charge on any atom is 0.245 e. The highest BCUT2D eigenvalue weighted by atomic mass is 32.2. The van der Waals surface area contributed by atoms with Gasteiger partial charge in [0.15, 0.2) is 11.5 Å². The molecule has 0 radical (unpaired) electrons. The van der Waals surface area contributed by atoms with Crippen molar-refractivity contribution in [2.75, 3.05) is 35.1 Å². The highest BCUT2D eigenvalue weighted by Gasteiger charge is 2.25. The second kappa shape index (κ2) is 7.87. The van der Waals surface area contributed by atoms with Crippen LogP contribution in [0, 0.1) is 6.92 Å². The predicted octanol–water partition coefficient (Wildman–Crippen LogP) is 2.56. The summed E-state index contributed by atoms with van der Waals surface area (Å²) in [5.41, 5.74) is 1.91. The van der Waals surface area contributed by atoms with Crippen molar-refractivity contribution in [2.45, 2.75) is 13.8 Å². The summed E-state index contributed by atoms with van der Waals surface area (Å²) in [5.74, 6) is 0.479. The van der Waals surface area contributed by atoms with Crippen LogP contribution in [0.3, 0.4) is 0 Å². The zero-order valence-electron chi connectivity index (χ0n) is 15.3. The second-order valence-electron chi connectivity index (χ2n) is 6.10. The van der Waals surface area contributed by atoms with Gasteiger partial charge in [0.1, 0.15) is 19.8 Å². The van der Waals surface area contributed by atoms with Crippen LogP contribution in [0.5, 0.6) is 11.5 Å². The number of fused-ring (bicyclic) bond motifs is 1. The molecule has 1 N–H and O–H groups in total. The molecule has 0 spiro atoms. The Labute approximate surface area is 158 Å². The van der Waals surface area contributed by atoms with Crippen LogP contribution in [0.4, 0.5) is 11.4 Å². The van der Waals surface area contributed by atoms with E-state index in [2.05, 4.69) is 5.32 Å². The van der Waals surface area contributed by atoms with Crippen molar-refractivity contribution < 1.29 is 22.7 Å². The maximum absolute atomic E-state index is 12.6. The lowest BCUT2D eigenvalue weighted by Gasteiger charge is -2.25. The molecule has 0 unspecified atom stereocenters. The Bertz CT molecular complexity index is 943. The number of ether oxygens (including phenoxy) is 2. The fourth-order valence-electron chi connectivity index (χ4n) is 2.73. The molecule has 0 saturated heterocycles. The summed E-state index contributed by atoms with van der Waals surface area (Å²) in [5, 5.41) is 2.77. The van der Waals surface area contributed by atoms with Crippen molar-refractivity contribution >= 4 is 27.3 Å². The van der Waals surface area contributed by atoms with E-state index in [1.54, 1.807) is 31.2 Å². The number of carbonyl (C=O) groups is 1. The van der Waals surface area contributed by atoms with Crippen molar-refractivity contribution in [1.82, 2.24) is 0 Å². The molecular formula is C19H22N2O5S. The molecule has 0 atom stereocenters. The van der Waals surface area contributed by atoms with Crippen LogP contribution in [0.2, 0.25) is 0 Å². The summed E-state index contributed by atoms with van der Waals surface area (Å²) < 4.78 is 37.3. The zero-order valence-corrected chi connectivity index (χ0v) is 16.1. The normalized spacial score (nSPS) is 13.1. The van der Waals surface area contributed by atoms with Gasteiger partial charge < -0.3 is 14.8 Å². The monoisotopic (exact) mass is 390 g/mol. The molecule has 0 saturated carbocycles. The summed E-state index contributed by atoms with van der Waals surface area (Å²) in [4.78, 5) is 12.5. The van der Waals surface area contributed by atoms with Gasteiger partial charge in [0.25, 0.3) is 0 Å². The molecule has 0 bridgehead atoms. The molecule has 0 aromatic heterocycles. The minimum atomic E-state index is -3.66. The lowest BCUT2D eigenvalue weighted by atomic mass is 10.2. The van der Waals surface area contributed by atoms with E-state index in [0.29, 0.717) is 36.1 Å². The molecule has 3 rings (SSSR count). The number of aryl methyl sites for hydroxylation is 1. The van der Waals surface area contributed by atoms with E-state index >= 15 is 0 Å². The summed E-state index contributed by atoms with van der Waals surface area (Å²) in [6.07, 6.45) is 0. The fraction of sp³-hybridized carbons (Fsp3) is 0.316. The summed E-state index contributed by atoms with van der Waals surface area (Å²) in [7, 11) is -3.66. The summed E-state index contributed by atoms with van der Waals surface area (Å²) >= 11 is 0. The number of nitrogens with zero attached hydrogens (tertiary/aromatic N) is 1. The standard InChI is InChI=1S/C19H22N2O5S/c1-3-27(23,24)21(13-19(22)20-16-7-5-4-6-14(16)2)15-8-9-17-18(12-15)26-11-10-25-17/h4-9,12H,3,10-11,13H2,1-2H3,(H,20,22). The molecule has 1 amide bonds. The van der Waals surface area contributed by atoms with Gasteiger partial charge in [-0.25, -0.2) is 8.42 Å². The molecule has 1 aliphatic rings. The number of benzene rings is 2. The first kappa shape index (κ1) is 19.0. The number of hydrogen-bond donors (Lipinski definition) is 1. The van der Waals surface area contributed by atoms with Gasteiger partial charge in [-0.1, -0.05) is 18.2 Å². The number of hydrogen-bond acceptors (Lipinski definition) is 5. The van der Waals surface area contributed by atoms with Gasteiger partial charge in [0.2, 0.25) is 15.9 Å². The molecule has 7 nitrogen and oxygen atoms in total. The lowest BCUT2D eigenvalue weighted by molar-refractivity contribution is -0.114. The number of carbonyl (C=O) groups excluding carboxylic acids is 1. The lowest BCUT2D eigenvalue weighted by Crippen LogP contribution is -2.39. The van der Waals surface area contributed by atoms with E-state index in [1.807, 2.05) is 25.1 Å². The Morgan fingerprint density at radius 3 is 2.52 bits per heavy atom. The highest BCUT2D eigenvalue weighted by molar-refractivity contribution is 7.92. The minimum Gasteiger partial charge on any atom is -0.486 e. The smallest absolute Gasteiger partial charge is 0.245 e. The Kier molecular flexibility index (Phi) is 5.55. The van der Waals surface area contributed by atoms with Crippen molar-refractivity contribution in [3.05, 3.63) is 48.0 Å². The van der Waals surface area contributed by atoms with E-state index in [4.69, 9.17) is 9.47 Å². The first-order valence-corrected chi connectivity index (χ1v) is 10.3. The Morgan fingerprint density at radius 2 is 1.81 bits per heavy atom. The maximum atomic E-state index is 12.6. The molecule has 0 fully saturated rings. The van der Waals surface area contributed by atoms with Crippen LogP contribution in [-0.4, -0.2) is 39.8 Å². The zero-order chi connectivity index (χ0) is 19.4. The van der Waals surface area contributed by atoms with Gasteiger partial charge in [-0.15, -0.1) is 0 Å². The SMILES string of the molecule is CCS(=O)(=O)N(CC(=O)Nc1ccccc1C)c1ccc2c(c1)OCCO2. The number of para-hydroxylation sites is 1. The van der Waals surface area contributed by atoms with Crippen LogP contribution in [0.1, 0.15) is 12.5 Å². The van der Waals surface area contributed by atoms with Crippen LogP contribution < -0.4 is 19.1 Å². The number of anilines is 2. The number of nitrogens with one attached hydrogen (secondary N) is 1. The minimum absolute atomic E-state index is 0.126. The molecular weight excluding hydrogens is 368 g/mol.